The first-order valence-corrected chi connectivity index (χ1v) is 13.8. The van der Waals surface area contributed by atoms with Crippen molar-refractivity contribution in [2.45, 2.75) is 83.7 Å². The zero-order valence-corrected chi connectivity index (χ0v) is 23.3. The van der Waals surface area contributed by atoms with Crippen molar-refractivity contribution >= 4 is 29.0 Å². The Morgan fingerprint density at radius 1 is 1.12 bits per heavy atom. The lowest BCUT2D eigenvalue weighted by Gasteiger charge is -2.44. The number of carbonyl (C=O) groups is 2. The summed E-state index contributed by atoms with van der Waals surface area (Å²) in [5, 5.41) is 4.66. The van der Waals surface area contributed by atoms with Crippen molar-refractivity contribution < 1.29 is 35.9 Å². The van der Waals surface area contributed by atoms with Gasteiger partial charge in [0.05, 0.1) is 10.4 Å². The second-order valence-corrected chi connectivity index (χ2v) is 12.6. The third kappa shape index (κ3) is 6.06. The Kier molecular flexibility index (Phi) is 7.89. The fourth-order valence-corrected chi connectivity index (χ4v) is 5.73. The minimum atomic E-state index is -5.00. The molecule has 4 rings (SSSR count). The van der Waals surface area contributed by atoms with Gasteiger partial charge in [-0.3, -0.25) is 9.59 Å². The maximum absolute atomic E-state index is 14.3. The standard InChI is InChI=1S/C26H31F6N5O2S/c1-14-7-5-10-37(14)22(39)18-19(40-21(35-18)20(38)34-13-23(2,3)4)15-12-33-17(11-16(15)25(27,28)29)36-24(8-6-9-24)26(30,31)32/h11-12,14H,5-10,13H2,1-4H3,(H,33,36)(H,34,38)/t14-/m0/s1. The number of pyridine rings is 1. The molecule has 2 aromatic heterocycles. The van der Waals surface area contributed by atoms with Crippen LogP contribution in [0, 0.1) is 5.41 Å². The van der Waals surface area contributed by atoms with E-state index in [1.165, 1.54) is 4.90 Å². The maximum atomic E-state index is 14.3. The predicted molar refractivity (Wildman–Crippen MR) is 138 cm³/mol. The van der Waals surface area contributed by atoms with E-state index in [1.807, 2.05) is 27.7 Å². The summed E-state index contributed by atoms with van der Waals surface area (Å²) in [6, 6.07) is 0.348. The smallest absolute Gasteiger partial charge is 0.356 e. The van der Waals surface area contributed by atoms with Crippen LogP contribution in [0.5, 0.6) is 0 Å². The molecule has 2 fully saturated rings. The Balaban J connectivity index is 1.79. The summed E-state index contributed by atoms with van der Waals surface area (Å²) >= 11 is 0.618. The summed E-state index contributed by atoms with van der Waals surface area (Å²) in [5.74, 6) is -1.85. The first-order valence-electron chi connectivity index (χ1n) is 12.9. The van der Waals surface area contributed by atoms with Crippen LogP contribution in [-0.4, -0.2) is 57.5 Å². The molecule has 7 nitrogen and oxygen atoms in total. The van der Waals surface area contributed by atoms with Crippen LogP contribution < -0.4 is 10.6 Å². The van der Waals surface area contributed by atoms with E-state index >= 15 is 0 Å². The van der Waals surface area contributed by atoms with Gasteiger partial charge in [0.25, 0.3) is 11.8 Å². The number of hydrogen-bond acceptors (Lipinski definition) is 6. The average Bonchev–Trinajstić information content (AvgIpc) is 3.44. The van der Waals surface area contributed by atoms with Gasteiger partial charge in [0.1, 0.15) is 17.1 Å². The van der Waals surface area contributed by atoms with Crippen molar-refractivity contribution in [3.05, 3.63) is 28.5 Å². The fourth-order valence-electron chi connectivity index (χ4n) is 4.73. The third-order valence-electron chi connectivity index (χ3n) is 7.19. The number of halogens is 6. The van der Waals surface area contributed by atoms with Crippen molar-refractivity contribution in [3.8, 4) is 10.4 Å². The summed E-state index contributed by atoms with van der Waals surface area (Å²) in [6.07, 6.45) is -7.75. The monoisotopic (exact) mass is 591 g/mol. The van der Waals surface area contributed by atoms with Gasteiger partial charge in [0.15, 0.2) is 5.01 Å². The molecule has 0 bridgehead atoms. The zero-order valence-electron chi connectivity index (χ0n) is 22.5. The number of hydrogen-bond donors (Lipinski definition) is 2. The molecular weight excluding hydrogens is 560 g/mol. The van der Waals surface area contributed by atoms with E-state index in [4.69, 9.17) is 0 Å². The third-order valence-corrected chi connectivity index (χ3v) is 8.28. The van der Waals surface area contributed by atoms with E-state index in [2.05, 4.69) is 20.6 Å². The quantitative estimate of drug-likeness (QED) is 0.374. The highest BCUT2D eigenvalue weighted by molar-refractivity contribution is 7.17. The molecule has 0 radical (unpaired) electrons. The number of alkyl halides is 6. The Bertz CT molecular complexity index is 1280. The molecule has 220 valence electrons. The van der Waals surface area contributed by atoms with Crippen LogP contribution in [0.3, 0.4) is 0 Å². The average molecular weight is 592 g/mol. The molecule has 2 amide bonds. The summed E-state index contributed by atoms with van der Waals surface area (Å²) < 4.78 is 83.9. The van der Waals surface area contributed by atoms with E-state index in [0.29, 0.717) is 36.8 Å². The van der Waals surface area contributed by atoms with E-state index in [-0.39, 0.29) is 52.8 Å². The molecule has 1 aliphatic carbocycles. The molecule has 1 atom stereocenters. The number of amides is 2. The highest BCUT2D eigenvalue weighted by atomic mass is 32.1. The molecule has 0 aromatic carbocycles. The molecule has 2 aromatic rings. The van der Waals surface area contributed by atoms with E-state index in [9.17, 15) is 35.9 Å². The van der Waals surface area contributed by atoms with Gasteiger partial charge in [-0.05, 0) is 50.5 Å². The zero-order chi connectivity index (χ0) is 29.7. The van der Waals surface area contributed by atoms with Gasteiger partial charge in [-0.25, -0.2) is 9.97 Å². The number of rotatable bonds is 6. The van der Waals surface area contributed by atoms with Crippen LogP contribution in [0.4, 0.5) is 32.2 Å². The van der Waals surface area contributed by atoms with Crippen LogP contribution in [0.1, 0.15) is 85.7 Å². The molecule has 0 spiro atoms. The van der Waals surface area contributed by atoms with Crippen molar-refractivity contribution in [1.82, 2.24) is 20.2 Å². The lowest BCUT2D eigenvalue weighted by atomic mass is 9.76. The minimum absolute atomic E-state index is 0.173. The largest absolute Gasteiger partial charge is 0.417 e. The normalized spacial score (nSPS) is 19.4. The lowest BCUT2D eigenvalue weighted by Crippen LogP contribution is -2.57. The van der Waals surface area contributed by atoms with Crippen LogP contribution in [0.25, 0.3) is 10.4 Å². The van der Waals surface area contributed by atoms with Crippen LogP contribution >= 0.6 is 11.3 Å². The highest BCUT2D eigenvalue weighted by Crippen LogP contribution is 2.48. The summed E-state index contributed by atoms with van der Waals surface area (Å²) in [7, 11) is 0. The molecular formula is C26H31F6N5O2S. The molecule has 1 aliphatic heterocycles. The SMILES string of the molecule is C[C@H]1CCCN1C(=O)c1nc(C(=O)NCC(C)(C)C)sc1-c1cnc(NC2(C(F)(F)F)CCC2)cc1C(F)(F)F. The second kappa shape index (κ2) is 10.5. The van der Waals surface area contributed by atoms with E-state index in [1.54, 1.807) is 0 Å². The Morgan fingerprint density at radius 3 is 2.30 bits per heavy atom. The van der Waals surface area contributed by atoms with Gasteiger partial charge in [-0.2, -0.15) is 26.3 Å². The Labute approximate surface area is 231 Å². The van der Waals surface area contributed by atoms with Gasteiger partial charge in [-0.15, -0.1) is 11.3 Å². The molecule has 2 N–H and O–H groups in total. The summed E-state index contributed by atoms with van der Waals surface area (Å²) in [6.45, 7) is 8.10. The Morgan fingerprint density at radius 2 is 1.80 bits per heavy atom. The first kappa shape index (κ1) is 30.1. The van der Waals surface area contributed by atoms with Gasteiger partial charge < -0.3 is 15.5 Å². The topological polar surface area (TPSA) is 87.2 Å². The lowest BCUT2D eigenvalue weighted by molar-refractivity contribution is -0.198. The van der Waals surface area contributed by atoms with Crippen LogP contribution in [-0.2, 0) is 6.18 Å². The molecule has 40 heavy (non-hydrogen) atoms. The van der Waals surface area contributed by atoms with Crippen molar-refractivity contribution in [2.75, 3.05) is 18.4 Å². The van der Waals surface area contributed by atoms with Gasteiger partial charge >= 0.3 is 12.4 Å². The molecule has 2 aliphatic rings. The minimum Gasteiger partial charge on any atom is -0.356 e. The number of aromatic nitrogens is 2. The molecule has 1 saturated heterocycles. The molecule has 1 saturated carbocycles. The van der Waals surface area contributed by atoms with Crippen molar-refractivity contribution in [3.63, 3.8) is 0 Å². The van der Waals surface area contributed by atoms with E-state index < -0.39 is 46.7 Å². The van der Waals surface area contributed by atoms with Crippen LogP contribution in [0.15, 0.2) is 12.3 Å². The first-order chi connectivity index (χ1) is 18.4. The summed E-state index contributed by atoms with van der Waals surface area (Å²) in [4.78, 5) is 35.7. The molecule has 3 heterocycles. The summed E-state index contributed by atoms with van der Waals surface area (Å²) in [5.41, 5.74) is -4.77. The van der Waals surface area contributed by atoms with Gasteiger partial charge in [0.2, 0.25) is 0 Å². The second-order valence-electron chi connectivity index (χ2n) is 11.6. The molecule has 14 heteroatoms. The van der Waals surface area contributed by atoms with E-state index in [0.717, 1.165) is 6.20 Å². The number of nitrogens with one attached hydrogen (secondary N) is 2. The maximum Gasteiger partial charge on any atom is 0.417 e. The number of thiazole rings is 1. The van der Waals surface area contributed by atoms with Gasteiger partial charge in [0, 0.05) is 30.9 Å². The van der Waals surface area contributed by atoms with Gasteiger partial charge in [-0.1, -0.05) is 20.8 Å². The predicted octanol–water partition coefficient (Wildman–Crippen LogP) is 6.52. The number of anilines is 1. The number of carbonyl (C=O) groups excluding carboxylic acids is 2. The molecule has 0 unspecified atom stereocenters. The highest BCUT2D eigenvalue weighted by Gasteiger charge is 2.58. The van der Waals surface area contributed by atoms with Crippen LogP contribution in [0.2, 0.25) is 0 Å². The van der Waals surface area contributed by atoms with Crippen molar-refractivity contribution in [2.24, 2.45) is 5.41 Å². The Hall–Kier alpha value is -2.90. The number of likely N-dealkylation sites (tertiary alicyclic amines) is 1. The number of nitrogens with zero attached hydrogens (tertiary/aromatic N) is 3. The fraction of sp³-hybridized carbons (Fsp3) is 0.615. The van der Waals surface area contributed by atoms with Crippen molar-refractivity contribution in [1.29, 1.82) is 0 Å².